The predicted octanol–water partition coefficient (Wildman–Crippen LogP) is 5.94. The number of hydrogen-bond acceptors (Lipinski definition) is 9. The van der Waals surface area contributed by atoms with E-state index in [9.17, 15) is 35.7 Å². The maximum absolute atomic E-state index is 11.0. The van der Waals surface area contributed by atoms with Gasteiger partial charge < -0.3 is 45.2 Å². The van der Waals surface area contributed by atoms with E-state index < -0.39 is 30.7 Å². The standard InChI is InChI=1S/C35H28O9/c36-16-27-32-28(43-34(17-1-5-21(37)6-2-17)30(32)19-9-23(39)13-24(40)10-19)15-29-33(27)31(20-11-25(41)14-26(42)12-20)35(44-29)18-3-7-22(38)8-4-18/h1-15,30-31,34-42H,16H2. The van der Waals surface area contributed by atoms with E-state index in [1.165, 1.54) is 36.4 Å². The molecule has 44 heavy (non-hydrogen) atoms. The van der Waals surface area contributed by atoms with E-state index in [1.807, 2.05) is 0 Å². The highest BCUT2D eigenvalue weighted by molar-refractivity contribution is 5.65. The maximum Gasteiger partial charge on any atom is 0.135 e. The van der Waals surface area contributed by atoms with Crippen LogP contribution in [0.3, 0.4) is 0 Å². The summed E-state index contributed by atoms with van der Waals surface area (Å²) >= 11 is 0. The summed E-state index contributed by atoms with van der Waals surface area (Å²) in [5, 5.41) is 72.6. The fourth-order valence-electron chi connectivity index (χ4n) is 6.60. The van der Waals surface area contributed by atoms with E-state index in [0.29, 0.717) is 50.4 Å². The lowest BCUT2D eigenvalue weighted by Gasteiger charge is -2.24. The van der Waals surface area contributed by atoms with Crippen molar-refractivity contribution in [1.29, 1.82) is 0 Å². The molecule has 7 N–H and O–H groups in total. The van der Waals surface area contributed by atoms with Crippen LogP contribution in [0, 0.1) is 0 Å². The fourth-order valence-corrected chi connectivity index (χ4v) is 6.60. The molecule has 0 aromatic heterocycles. The van der Waals surface area contributed by atoms with Gasteiger partial charge in [0.2, 0.25) is 0 Å². The molecule has 0 saturated heterocycles. The molecule has 2 aliphatic heterocycles. The Bertz CT molecular complexity index is 1710. The van der Waals surface area contributed by atoms with Crippen molar-refractivity contribution >= 4 is 0 Å². The molecular formula is C35H28O9. The SMILES string of the molecule is OCc1c2c(cc3c1C(c1cc(O)cc(O)c1)C(c1ccc(O)cc1)O3)OC(c1ccc(O)cc1)C2c1cc(O)cc(O)c1. The van der Waals surface area contributed by atoms with Crippen LogP contribution in [-0.2, 0) is 6.61 Å². The molecule has 9 nitrogen and oxygen atoms in total. The van der Waals surface area contributed by atoms with Gasteiger partial charge in [-0.05, 0) is 76.3 Å². The smallest absolute Gasteiger partial charge is 0.135 e. The Balaban J connectivity index is 1.47. The molecule has 7 rings (SSSR count). The molecule has 4 unspecified atom stereocenters. The molecule has 0 amide bonds. The van der Waals surface area contributed by atoms with Crippen molar-refractivity contribution in [2.45, 2.75) is 30.7 Å². The Labute approximate surface area is 251 Å². The molecule has 222 valence electrons. The van der Waals surface area contributed by atoms with E-state index in [4.69, 9.17) is 9.47 Å². The molecule has 5 aromatic carbocycles. The van der Waals surface area contributed by atoms with Crippen LogP contribution < -0.4 is 9.47 Å². The van der Waals surface area contributed by atoms with Gasteiger partial charge in [0.05, 0.1) is 18.4 Å². The van der Waals surface area contributed by atoms with Crippen molar-refractivity contribution in [2.24, 2.45) is 0 Å². The van der Waals surface area contributed by atoms with Gasteiger partial charge in [0.1, 0.15) is 58.2 Å². The van der Waals surface area contributed by atoms with Gasteiger partial charge in [0, 0.05) is 29.3 Å². The Kier molecular flexibility index (Phi) is 6.40. The van der Waals surface area contributed by atoms with Crippen LogP contribution in [0.25, 0.3) is 0 Å². The number of hydrogen-bond donors (Lipinski definition) is 7. The number of benzene rings is 5. The van der Waals surface area contributed by atoms with Crippen LogP contribution in [-0.4, -0.2) is 35.7 Å². The molecule has 0 spiro atoms. The first-order valence-electron chi connectivity index (χ1n) is 14.0. The number of aliphatic hydroxyl groups excluding tert-OH is 1. The molecule has 0 radical (unpaired) electrons. The van der Waals surface area contributed by atoms with Gasteiger partial charge in [-0.25, -0.2) is 0 Å². The minimum Gasteiger partial charge on any atom is -0.508 e. The molecule has 2 aliphatic rings. The number of phenolic OH excluding ortho intramolecular Hbond substituents is 6. The molecule has 0 bridgehead atoms. The first-order chi connectivity index (χ1) is 21.2. The summed E-state index contributed by atoms with van der Waals surface area (Å²) in [6.07, 6.45) is -1.31. The van der Waals surface area contributed by atoms with Crippen LogP contribution in [0.2, 0.25) is 0 Å². The highest BCUT2D eigenvalue weighted by Crippen LogP contribution is 2.60. The lowest BCUT2D eigenvalue weighted by molar-refractivity contribution is 0.212. The van der Waals surface area contributed by atoms with E-state index in [2.05, 4.69) is 0 Å². The number of aromatic hydroxyl groups is 6. The summed E-state index contributed by atoms with van der Waals surface area (Å²) in [6, 6.07) is 23.4. The largest absolute Gasteiger partial charge is 0.508 e. The average molecular weight is 593 g/mol. The molecule has 0 fully saturated rings. The first-order valence-corrected chi connectivity index (χ1v) is 14.0. The summed E-state index contributed by atoms with van der Waals surface area (Å²) in [6.45, 7) is -0.425. The van der Waals surface area contributed by atoms with Crippen LogP contribution in [0.1, 0.15) is 63.0 Å². The van der Waals surface area contributed by atoms with Crippen molar-refractivity contribution in [3.63, 3.8) is 0 Å². The second-order valence-electron chi connectivity index (χ2n) is 11.1. The normalized spacial score (nSPS) is 20.0. The summed E-state index contributed by atoms with van der Waals surface area (Å²) in [7, 11) is 0. The summed E-state index contributed by atoms with van der Waals surface area (Å²) in [4.78, 5) is 0. The predicted molar refractivity (Wildman–Crippen MR) is 159 cm³/mol. The minimum absolute atomic E-state index is 0.0803. The summed E-state index contributed by atoms with van der Waals surface area (Å²) in [5.41, 5.74) is 4.25. The quantitative estimate of drug-likeness (QED) is 0.131. The zero-order valence-corrected chi connectivity index (χ0v) is 23.1. The lowest BCUT2D eigenvalue weighted by atomic mass is 9.77. The van der Waals surface area contributed by atoms with Crippen LogP contribution in [0.5, 0.6) is 46.0 Å². The minimum atomic E-state index is -0.657. The van der Waals surface area contributed by atoms with Crippen molar-refractivity contribution < 1.29 is 45.2 Å². The molecule has 2 heterocycles. The number of ether oxygens (including phenoxy) is 2. The molecule has 0 aliphatic carbocycles. The Hall–Kier alpha value is -5.54. The monoisotopic (exact) mass is 592 g/mol. The third kappa shape index (κ3) is 4.54. The van der Waals surface area contributed by atoms with Gasteiger partial charge in [-0.2, -0.15) is 0 Å². The van der Waals surface area contributed by atoms with E-state index in [-0.39, 0.29) is 34.5 Å². The number of rotatable bonds is 5. The van der Waals surface area contributed by atoms with Gasteiger partial charge in [-0.1, -0.05) is 24.3 Å². The zero-order valence-electron chi connectivity index (χ0n) is 23.1. The third-order valence-electron chi connectivity index (χ3n) is 8.35. The van der Waals surface area contributed by atoms with Crippen LogP contribution >= 0.6 is 0 Å². The van der Waals surface area contributed by atoms with Crippen LogP contribution in [0.4, 0.5) is 0 Å². The second kappa shape index (κ2) is 10.3. The number of fused-ring (bicyclic) bond motifs is 2. The Morgan fingerprint density at radius 2 is 0.795 bits per heavy atom. The highest BCUT2D eigenvalue weighted by Gasteiger charge is 2.46. The van der Waals surface area contributed by atoms with Gasteiger partial charge in [0.15, 0.2) is 0 Å². The zero-order chi connectivity index (χ0) is 30.7. The number of aliphatic hydroxyl groups is 1. The Morgan fingerprint density at radius 1 is 0.432 bits per heavy atom. The average Bonchev–Trinajstić information content (AvgIpc) is 3.54. The molecule has 9 heteroatoms. The van der Waals surface area contributed by atoms with Gasteiger partial charge in [0.25, 0.3) is 0 Å². The lowest BCUT2D eigenvalue weighted by Crippen LogP contribution is -2.14. The van der Waals surface area contributed by atoms with E-state index >= 15 is 0 Å². The third-order valence-corrected chi connectivity index (χ3v) is 8.35. The highest BCUT2D eigenvalue weighted by atomic mass is 16.5. The van der Waals surface area contributed by atoms with Gasteiger partial charge >= 0.3 is 0 Å². The summed E-state index contributed by atoms with van der Waals surface area (Å²) in [5.74, 6) is -0.765. The Morgan fingerprint density at radius 3 is 1.14 bits per heavy atom. The maximum atomic E-state index is 11.0. The second-order valence-corrected chi connectivity index (χ2v) is 11.1. The van der Waals surface area contributed by atoms with Crippen LogP contribution in [0.15, 0.2) is 91.0 Å². The first kappa shape index (κ1) is 27.3. The number of phenols is 6. The molecule has 4 atom stereocenters. The summed E-state index contributed by atoms with van der Waals surface area (Å²) < 4.78 is 13.1. The van der Waals surface area contributed by atoms with Crippen molar-refractivity contribution in [3.8, 4) is 46.0 Å². The van der Waals surface area contributed by atoms with Gasteiger partial charge in [-0.15, -0.1) is 0 Å². The molecular weight excluding hydrogens is 564 g/mol. The van der Waals surface area contributed by atoms with Crippen molar-refractivity contribution in [3.05, 3.63) is 130 Å². The van der Waals surface area contributed by atoms with E-state index in [0.717, 1.165) is 0 Å². The van der Waals surface area contributed by atoms with E-state index in [1.54, 1.807) is 54.6 Å². The van der Waals surface area contributed by atoms with Crippen molar-refractivity contribution in [2.75, 3.05) is 0 Å². The van der Waals surface area contributed by atoms with Gasteiger partial charge in [-0.3, -0.25) is 0 Å². The fraction of sp³-hybridized carbons (Fsp3) is 0.143. The topological polar surface area (TPSA) is 160 Å². The molecule has 0 saturated carbocycles. The van der Waals surface area contributed by atoms with Crippen molar-refractivity contribution in [1.82, 2.24) is 0 Å². The molecule has 5 aromatic rings.